The van der Waals surface area contributed by atoms with E-state index in [9.17, 15) is 18.8 Å². The molecule has 0 bridgehead atoms. The summed E-state index contributed by atoms with van der Waals surface area (Å²) in [5.41, 5.74) is 5.88. The molecule has 3 aromatic rings. The zero-order chi connectivity index (χ0) is 20.1. The highest BCUT2D eigenvalue weighted by Crippen LogP contribution is 2.08. The molecule has 2 aromatic heterocycles. The Morgan fingerprint density at radius 1 is 1.37 bits per heavy atom. The first-order valence-electron chi connectivity index (χ1n) is 7.66. The molecule has 0 radical (unpaired) electrons. The summed E-state index contributed by atoms with van der Waals surface area (Å²) in [7, 11) is 1.13. The minimum absolute atomic E-state index is 0.0373. The van der Waals surface area contributed by atoms with E-state index >= 15 is 0 Å². The maximum absolute atomic E-state index is 12.6. The van der Waals surface area contributed by atoms with Crippen LogP contribution in [-0.2, 0) is 11.3 Å². The fourth-order valence-electron chi connectivity index (χ4n) is 2.22. The van der Waals surface area contributed by atoms with Crippen molar-refractivity contribution in [1.29, 1.82) is 0 Å². The minimum atomic E-state index is -1.30. The van der Waals surface area contributed by atoms with Gasteiger partial charge < -0.3 is 20.6 Å². The van der Waals surface area contributed by atoms with Crippen LogP contribution in [-0.4, -0.2) is 38.5 Å². The number of halogens is 1. The number of ether oxygens (including phenoxy) is 1. The summed E-state index contributed by atoms with van der Waals surface area (Å²) < 4.78 is 18.0. The summed E-state index contributed by atoms with van der Waals surface area (Å²) in [4.78, 5) is 39.7. The molecule has 1 aromatic carbocycles. The van der Waals surface area contributed by atoms with Gasteiger partial charge in [-0.2, -0.15) is 0 Å². The van der Waals surface area contributed by atoms with Crippen LogP contribution in [0.15, 0.2) is 35.3 Å². The monoisotopic (exact) mass is 376 g/mol. The molecule has 0 saturated carbocycles. The van der Waals surface area contributed by atoms with Crippen LogP contribution in [0.2, 0.25) is 0 Å². The third-order valence-electron chi connectivity index (χ3n) is 3.58. The summed E-state index contributed by atoms with van der Waals surface area (Å²) in [5.74, 6) is -2.29. The third kappa shape index (κ3) is 4.36. The first-order chi connectivity index (χ1) is 12.8. The van der Waals surface area contributed by atoms with Gasteiger partial charge in [0.2, 0.25) is 0 Å². The van der Waals surface area contributed by atoms with E-state index in [1.165, 1.54) is 12.3 Å². The van der Waals surface area contributed by atoms with E-state index in [-0.39, 0.29) is 22.9 Å². The molecule has 0 fully saturated rings. The normalized spacial score (nSPS) is 10.2. The molecule has 0 aliphatic heterocycles. The molecule has 0 saturated heterocycles. The zero-order valence-electron chi connectivity index (χ0n) is 14.5. The molecular weight excluding hydrogens is 359 g/mol. The minimum Gasteiger partial charge on any atom is -0.477 e. The first-order valence-corrected chi connectivity index (χ1v) is 7.66. The molecule has 4 N–H and O–H groups in total. The summed E-state index contributed by atoms with van der Waals surface area (Å²) in [5, 5.41) is 8.82. The first kappa shape index (κ1) is 19.8. The number of imidazole rings is 1. The fourth-order valence-corrected chi connectivity index (χ4v) is 2.22. The molecule has 3 rings (SSSR count). The Morgan fingerprint density at radius 3 is 2.63 bits per heavy atom. The Kier molecular flexibility index (Phi) is 6.03. The Balaban J connectivity index is 0.000000223. The van der Waals surface area contributed by atoms with Gasteiger partial charge in [0.25, 0.3) is 0 Å². The van der Waals surface area contributed by atoms with E-state index in [0.717, 1.165) is 23.1 Å². The van der Waals surface area contributed by atoms with Crippen molar-refractivity contribution in [3.8, 4) is 0 Å². The second-order valence-electron chi connectivity index (χ2n) is 5.40. The predicted molar refractivity (Wildman–Crippen MR) is 93.1 cm³/mol. The number of carboxylic acid groups (broad SMARTS) is 1. The lowest BCUT2D eigenvalue weighted by Gasteiger charge is -2.03. The van der Waals surface area contributed by atoms with Crippen LogP contribution in [0.25, 0.3) is 5.65 Å². The molecule has 0 amide bonds. The highest BCUT2D eigenvalue weighted by atomic mass is 19.1. The number of benzene rings is 1. The standard InChI is InChI=1S/C9H7N3O5.C8H10FN/c1-17-8(15)5-2-4(7(13)14)11-6-3-10-9(16)12(5)6;1-6-4-7(5-10)2-3-8(6)9/h2-3H,1H3,(H,10,16)(H,13,14);2-4H,5,10H2,1H3. The van der Waals surface area contributed by atoms with Gasteiger partial charge in [-0.15, -0.1) is 0 Å². The van der Waals surface area contributed by atoms with Gasteiger partial charge in [-0.25, -0.2) is 28.2 Å². The van der Waals surface area contributed by atoms with E-state index < -0.39 is 17.6 Å². The highest BCUT2D eigenvalue weighted by molar-refractivity contribution is 5.93. The van der Waals surface area contributed by atoms with E-state index in [1.54, 1.807) is 19.1 Å². The third-order valence-corrected chi connectivity index (χ3v) is 3.58. The largest absolute Gasteiger partial charge is 0.477 e. The number of carboxylic acids is 1. The summed E-state index contributed by atoms with van der Waals surface area (Å²) in [6.45, 7) is 2.20. The van der Waals surface area contributed by atoms with Gasteiger partial charge in [0.15, 0.2) is 11.3 Å². The number of methoxy groups -OCH3 is 1. The second kappa shape index (κ2) is 8.23. The number of aromatic carboxylic acids is 1. The molecule has 27 heavy (non-hydrogen) atoms. The smallest absolute Gasteiger partial charge is 0.355 e. The van der Waals surface area contributed by atoms with Crippen molar-refractivity contribution in [1.82, 2.24) is 14.4 Å². The Morgan fingerprint density at radius 2 is 2.07 bits per heavy atom. The van der Waals surface area contributed by atoms with Crippen molar-refractivity contribution < 1.29 is 23.8 Å². The van der Waals surface area contributed by atoms with Crippen LogP contribution in [0.3, 0.4) is 0 Å². The number of hydrogen-bond acceptors (Lipinski definition) is 6. The molecule has 0 spiro atoms. The molecule has 2 heterocycles. The van der Waals surface area contributed by atoms with Gasteiger partial charge in [-0.3, -0.25) is 0 Å². The summed E-state index contributed by atoms with van der Waals surface area (Å²) in [6, 6.07) is 5.88. The van der Waals surface area contributed by atoms with Crippen LogP contribution in [0, 0.1) is 12.7 Å². The number of carbonyl (C=O) groups is 2. The molecular formula is C17H17FN4O5. The number of aromatic amines is 1. The van der Waals surface area contributed by atoms with Crippen LogP contribution < -0.4 is 11.4 Å². The number of nitrogens with one attached hydrogen (secondary N) is 1. The second-order valence-corrected chi connectivity index (χ2v) is 5.40. The van der Waals surface area contributed by atoms with Gasteiger partial charge in [-0.1, -0.05) is 12.1 Å². The lowest BCUT2D eigenvalue weighted by atomic mass is 10.1. The van der Waals surface area contributed by atoms with Gasteiger partial charge in [-0.05, 0) is 24.1 Å². The number of nitrogens with zero attached hydrogens (tertiary/aromatic N) is 2. The number of aryl methyl sites for hydroxylation is 1. The number of esters is 1. The number of hydrogen-bond donors (Lipinski definition) is 3. The van der Waals surface area contributed by atoms with Gasteiger partial charge in [0.05, 0.1) is 7.11 Å². The van der Waals surface area contributed by atoms with Crippen LogP contribution in [0.4, 0.5) is 4.39 Å². The number of H-pyrrole nitrogens is 1. The average molecular weight is 376 g/mol. The van der Waals surface area contributed by atoms with Crippen molar-refractivity contribution in [2.45, 2.75) is 13.5 Å². The fraction of sp³-hybridized carbons (Fsp3) is 0.176. The van der Waals surface area contributed by atoms with Crippen LogP contribution in [0.5, 0.6) is 0 Å². The predicted octanol–water partition coefficient (Wildman–Crippen LogP) is 1.10. The number of carbonyl (C=O) groups excluding carboxylic acids is 1. The van der Waals surface area contributed by atoms with Crippen molar-refractivity contribution in [2.75, 3.05) is 7.11 Å². The molecule has 0 unspecified atom stereocenters. The summed E-state index contributed by atoms with van der Waals surface area (Å²) in [6.07, 6.45) is 1.21. The highest BCUT2D eigenvalue weighted by Gasteiger charge is 2.18. The van der Waals surface area contributed by atoms with E-state index in [0.29, 0.717) is 12.1 Å². The molecule has 10 heteroatoms. The van der Waals surface area contributed by atoms with Gasteiger partial charge in [0, 0.05) is 18.8 Å². The van der Waals surface area contributed by atoms with E-state index in [2.05, 4.69) is 14.7 Å². The number of fused-ring (bicyclic) bond motifs is 1. The number of rotatable bonds is 3. The topological polar surface area (TPSA) is 140 Å². The van der Waals surface area contributed by atoms with Crippen molar-refractivity contribution in [3.63, 3.8) is 0 Å². The lowest BCUT2D eigenvalue weighted by Crippen LogP contribution is -2.20. The molecule has 0 atom stereocenters. The molecule has 0 aliphatic carbocycles. The van der Waals surface area contributed by atoms with Crippen molar-refractivity contribution in [2.24, 2.45) is 5.73 Å². The van der Waals surface area contributed by atoms with Gasteiger partial charge >= 0.3 is 17.6 Å². The number of aromatic nitrogens is 3. The van der Waals surface area contributed by atoms with E-state index in [4.69, 9.17) is 10.8 Å². The zero-order valence-corrected chi connectivity index (χ0v) is 14.5. The molecule has 9 nitrogen and oxygen atoms in total. The van der Waals surface area contributed by atoms with Crippen LogP contribution >= 0.6 is 0 Å². The maximum atomic E-state index is 12.6. The van der Waals surface area contributed by atoms with Crippen molar-refractivity contribution >= 4 is 17.6 Å². The maximum Gasteiger partial charge on any atom is 0.355 e. The molecule has 142 valence electrons. The Labute approximate surface area is 152 Å². The summed E-state index contributed by atoms with van der Waals surface area (Å²) >= 11 is 0. The lowest BCUT2D eigenvalue weighted by molar-refractivity contribution is 0.0591. The van der Waals surface area contributed by atoms with E-state index in [1.807, 2.05) is 0 Å². The van der Waals surface area contributed by atoms with Crippen LogP contribution in [0.1, 0.15) is 32.1 Å². The SMILES string of the molecule is COC(=O)c1cc(C(=O)O)nc2c[nH]c(=O)n12.Cc1cc(CN)ccc1F. The Hall–Kier alpha value is -3.53. The van der Waals surface area contributed by atoms with Crippen molar-refractivity contribution in [3.05, 3.63) is 69.3 Å². The quantitative estimate of drug-likeness (QED) is 0.582. The molecule has 0 aliphatic rings. The average Bonchev–Trinajstić information content (AvgIpc) is 3.04. The van der Waals surface area contributed by atoms with Gasteiger partial charge in [0.1, 0.15) is 11.5 Å². The number of nitrogens with two attached hydrogens (primary N) is 1. The Bertz CT molecular complexity index is 1060.